The Balaban J connectivity index is 1.67. The number of aliphatic carboxylic acids is 1. The highest BCUT2D eigenvalue weighted by molar-refractivity contribution is 5.85. The van der Waals surface area contributed by atoms with E-state index in [9.17, 15) is 14.4 Å². The first-order valence-electron chi connectivity index (χ1n) is 7.33. The molecule has 0 radical (unpaired) electrons. The summed E-state index contributed by atoms with van der Waals surface area (Å²) < 4.78 is 5.07. The molecule has 2 heterocycles. The molecule has 1 atom stereocenters. The van der Waals surface area contributed by atoms with E-state index in [1.165, 1.54) is 4.90 Å². The summed E-state index contributed by atoms with van der Waals surface area (Å²) >= 11 is 0. The lowest BCUT2D eigenvalue weighted by atomic mass is 10.2. The van der Waals surface area contributed by atoms with Gasteiger partial charge in [0.25, 0.3) is 0 Å². The highest BCUT2D eigenvalue weighted by atomic mass is 16.5. The van der Waals surface area contributed by atoms with Crippen LogP contribution in [0.4, 0.5) is 0 Å². The van der Waals surface area contributed by atoms with Gasteiger partial charge in [-0.25, -0.2) is 4.79 Å². The van der Waals surface area contributed by atoms with Crippen molar-refractivity contribution in [1.82, 2.24) is 15.2 Å². The Kier molecular flexibility index (Phi) is 6.04. The van der Waals surface area contributed by atoms with Crippen LogP contribution in [0.5, 0.6) is 0 Å². The molecule has 1 aliphatic heterocycles. The summed E-state index contributed by atoms with van der Waals surface area (Å²) in [6.07, 6.45) is 4.40. The summed E-state index contributed by atoms with van der Waals surface area (Å²) in [5.74, 6) is -1.77. The number of nitrogens with zero attached hydrogens (tertiary/aromatic N) is 2. The van der Waals surface area contributed by atoms with E-state index in [4.69, 9.17) is 9.84 Å². The fourth-order valence-electron chi connectivity index (χ4n) is 2.39. The molecule has 1 aromatic rings. The Hall–Kier alpha value is -2.48. The van der Waals surface area contributed by atoms with Gasteiger partial charge < -0.3 is 20.1 Å². The number of likely N-dealkylation sites (tertiary alicyclic amines) is 1. The number of aromatic nitrogens is 1. The molecular weight excluding hydrogens is 302 g/mol. The van der Waals surface area contributed by atoms with Gasteiger partial charge >= 0.3 is 5.97 Å². The van der Waals surface area contributed by atoms with Crippen molar-refractivity contribution in [3.05, 3.63) is 30.1 Å². The van der Waals surface area contributed by atoms with Crippen molar-refractivity contribution < 1.29 is 24.2 Å². The maximum Gasteiger partial charge on any atom is 0.326 e. The van der Waals surface area contributed by atoms with Gasteiger partial charge in [-0.05, 0) is 24.5 Å². The second kappa shape index (κ2) is 8.23. The van der Waals surface area contributed by atoms with Crippen LogP contribution in [0.25, 0.3) is 0 Å². The topological polar surface area (TPSA) is 109 Å². The molecule has 0 bridgehead atoms. The molecule has 2 amide bonds. The van der Waals surface area contributed by atoms with Gasteiger partial charge in [0.2, 0.25) is 11.8 Å². The predicted molar refractivity (Wildman–Crippen MR) is 79.3 cm³/mol. The van der Waals surface area contributed by atoms with E-state index in [1.807, 2.05) is 6.07 Å². The fourth-order valence-corrected chi connectivity index (χ4v) is 2.39. The predicted octanol–water partition coefficient (Wildman–Crippen LogP) is -0.210. The Morgan fingerprint density at radius 2 is 2.22 bits per heavy atom. The molecule has 0 unspecified atom stereocenters. The van der Waals surface area contributed by atoms with Crippen LogP contribution in [-0.4, -0.2) is 58.6 Å². The SMILES string of the molecule is O=C(COCC(=O)N1CCC[C@H]1C(=O)O)NCc1cccnc1. The van der Waals surface area contributed by atoms with Gasteiger partial charge in [-0.1, -0.05) is 6.07 Å². The molecule has 1 fully saturated rings. The zero-order valence-electron chi connectivity index (χ0n) is 12.6. The van der Waals surface area contributed by atoms with Gasteiger partial charge in [-0.3, -0.25) is 14.6 Å². The highest BCUT2D eigenvalue weighted by Crippen LogP contribution is 2.17. The van der Waals surface area contributed by atoms with E-state index in [0.717, 1.165) is 5.56 Å². The van der Waals surface area contributed by atoms with Crippen LogP contribution in [0, 0.1) is 0 Å². The zero-order valence-corrected chi connectivity index (χ0v) is 12.6. The molecule has 23 heavy (non-hydrogen) atoms. The molecular formula is C15H19N3O5. The average Bonchev–Trinajstić information content (AvgIpc) is 3.04. The number of rotatable bonds is 7. The normalized spacial score (nSPS) is 17.0. The molecule has 0 saturated carbocycles. The summed E-state index contributed by atoms with van der Waals surface area (Å²) in [7, 11) is 0. The quantitative estimate of drug-likeness (QED) is 0.719. The molecule has 8 heteroatoms. The molecule has 0 spiro atoms. The van der Waals surface area contributed by atoms with Crippen LogP contribution in [0.3, 0.4) is 0 Å². The number of carbonyl (C=O) groups is 3. The standard InChI is InChI=1S/C15H19N3O5/c19-13(17-8-11-3-1-5-16-7-11)9-23-10-14(20)18-6-2-4-12(18)15(21)22/h1,3,5,7,12H,2,4,6,8-10H2,(H,17,19)(H,21,22)/t12-/m0/s1. The van der Waals surface area contributed by atoms with Crippen molar-refractivity contribution in [3.8, 4) is 0 Å². The highest BCUT2D eigenvalue weighted by Gasteiger charge is 2.33. The molecule has 1 aliphatic rings. The average molecular weight is 321 g/mol. The van der Waals surface area contributed by atoms with Gasteiger partial charge in [0.15, 0.2) is 0 Å². The van der Waals surface area contributed by atoms with Gasteiger partial charge in [0.05, 0.1) is 0 Å². The Labute approximate surface area is 133 Å². The fraction of sp³-hybridized carbons (Fsp3) is 0.467. The first-order chi connectivity index (χ1) is 11.1. The molecule has 124 valence electrons. The number of carbonyl (C=O) groups excluding carboxylic acids is 2. The number of pyridine rings is 1. The molecule has 2 N–H and O–H groups in total. The third-order valence-corrected chi connectivity index (χ3v) is 3.53. The maximum atomic E-state index is 11.9. The number of hydrogen-bond acceptors (Lipinski definition) is 5. The zero-order chi connectivity index (χ0) is 16.7. The number of amides is 2. The maximum absolute atomic E-state index is 11.9. The van der Waals surface area contributed by atoms with E-state index in [-0.39, 0.29) is 19.1 Å². The van der Waals surface area contributed by atoms with Crippen LogP contribution in [0.1, 0.15) is 18.4 Å². The van der Waals surface area contributed by atoms with Crippen LogP contribution < -0.4 is 5.32 Å². The van der Waals surface area contributed by atoms with Crippen LogP contribution >= 0.6 is 0 Å². The lowest BCUT2D eigenvalue weighted by molar-refractivity contribution is -0.150. The minimum absolute atomic E-state index is 0.252. The van der Waals surface area contributed by atoms with Gasteiger partial charge in [0.1, 0.15) is 19.3 Å². The Bertz CT molecular complexity index is 563. The summed E-state index contributed by atoms with van der Waals surface area (Å²) in [4.78, 5) is 39.8. The van der Waals surface area contributed by atoms with Gasteiger partial charge in [-0.15, -0.1) is 0 Å². The summed E-state index contributed by atoms with van der Waals surface area (Å²) in [5, 5.41) is 11.7. The first kappa shape index (κ1) is 16.9. The van der Waals surface area contributed by atoms with Crippen molar-refractivity contribution in [1.29, 1.82) is 0 Å². The number of carboxylic acids is 1. The number of hydrogen-bond donors (Lipinski definition) is 2. The van der Waals surface area contributed by atoms with Crippen molar-refractivity contribution >= 4 is 17.8 Å². The third kappa shape index (κ3) is 5.03. The first-order valence-corrected chi connectivity index (χ1v) is 7.33. The van der Waals surface area contributed by atoms with E-state index < -0.39 is 17.9 Å². The molecule has 1 aromatic heterocycles. The van der Waals surface area contributed by atoms with E-state index in [1.54, 1.807) is 18.5 Å². The van der Waals surface area contributed by atoms with Crippen LogP contribution in [0.2, 0.25) is 0 Å². The van der Waals surface area contributed by atoms with Crippen molar-refractivity contribution in [2.75, 3.05) is 19.8 Å². The van der Waals surface area contributed by atoms with Gasteiger partial charge in [-0.2, -0.15) is 0 Å². The Morgan fingerprint density at radius 1 is 1.39 bits per heavy atom. The summed E-state index contributed by atoms with van der Waals surface area (Å²) in [6, 6.07) is 2.81. The van der Waals surface area contributed by atoms with E-state index >= 15 is 0 Å². The van der Waals surface area contributed by atoms with Crippen molar-refractivity contribution in [2.45, 2.75) is 25.4 Å². The second-order valence-corrected chi connectivity index (χ2v) is 5.21. The monoisotopic (exact) mass is 321 g/mol. The third-order valence-electron chi connectivity index (χ3n) is 3.53. The van der Waals surface area contributed by atoms with Gasteiger partial charge in [0, 0.05) is 25.5 Å². The van der Waals surface area contributed by atoms with Crippen LogP contribution in [-0.2, 0) is 25.7 Å². The molecule has 0 aliphatic carbocycles. The molecule has 1 saturated heterocycles. The molecule has 0 aromatic carbocycles. The largest absolute Gasteiger partial charge is 0.480 e. The van der Waals surface area contributed by atoms with Crippen molar-refractivity contribution in [3.63, 3.8) is 0 Å². The smallest absolute Gasteiger partial charge is 0.326 e. The lowest BCUT2D eigenvalue weighted by Gasteiger charge is -2.21. The second-order valence-electron chi connectivity index (χ2n) is 5.21. The number of carboxylic acid groups (broad SMARTS) is 1. The van der Waals surface area contributed by atoms with E-state index in [0.29, 0.717) is 25.9 Å². The number of ether oxygens (including phenoxy) is 1. The molecule has 8 nitrogen and oxygen atoms in total. The summed E-state index contributed by atoms with van der Waals surface area (Å²) in [6.45, 7) is 0.186. The summed E-state index contributed by atoms with van der Waals surface area (Å²) in [5.41, 5.74) is 0.860. The minimum atomic E-state index is -1.01. The lowest BCUT2D eigenvalue weighted by Crippen LogP contribution is -2.42. The number of nitrogens with one attached hydrogen (secondary N) is 1. The van der Waals surface area contributed by atoms with E-state index in [2.05, 4.69) is 10.3 Å². The van der Waals surface area contributed by atoms with Crippen molar-refractivity contribution in [2.24, 2.45) is 0 Å². The Morgan fingerprint density at radius 3 is 2.91 bits per heavy atom. The minimum Gasteiger partial charge on any atom is -0.480 e. The van der Waals surface area contributed by atoms with Crippen LogP contribution in [0.15, 0.2) is 24.5 Å². The molecule has 2 rings (SSSR count).